The van der Waals surface area contributed by atoms with E-state index in [0.29, 0.717) is 35.0 Å². The van der Waals surface area contributed by atoms with Crippen LogP contribution in [0, 0.1) is 5.41 Å². The van der Waals surface area contributed by atoms with Gasteiger partial charge in [0.25, 0.3) is 5.91 Å². The lowest BCUT2D eigenvalue weighted by atomic mass is 10.0. The predicted octanol–water partition coefficient (Wildman–Crippen LogP) is 3.49. The molecule has 0 aliphatic heterocycles. The fourth-order valence-electron chi connectivity index (χ4n) is 3.98. The number of nitrogens with two attached hydrogens (primary N) is 1. The highest BCUT2D eigenvalue weighted by atomic mass is 32.2. The summed E-state index contributed by atoms with van der Waals surface area (Å²) in [5.74, 6) is 2.45. The van der Waals surface area contributed by atoms with Crippen molar-refractivity contribution in [3.8, 4) is 5.75 Å². The second-order valence-electron chi connectivity index (χ2n) is 8.78. The van der Waals surface area contributed by atoms with E-state index in [9.17, 15) is 13.2 Å². The van der Waals surface area contributed by atoms with Gasteiger partial charge >= 0.3 is 0 Å². The summed E-state index contributed by atoms with van der Waals surface area (Å²) in [4.78, 5) is 17.2. The Morgan fingerprint density at radius 1 is 1.10 bits per heavy atom. The third-order valence-electron chi connectivity index (χ3n) is 6.02. The van der Waals surface area contributed by atoms with Crippen molar-refractivity contribution in [1.82, 2.24) is 15.0 Å². The number of amides is 1. The van der Waals surface area contributed by atoms with Crippen molar-refractivity contribution in [3.63, 3.8) is 0 Å². The topological polar surface area (TPSA) is 156 Å². The van der Waals surface area contributed by atoms with Crippen molar-refractivity contribution in [2.75, 3.05) is 27.4 Å². The average molecular weight is 580 g/mol. The number of rotatable bonds is 12. The summed E-state index contributed by atoms with van der Waals surface area (Å²) >= 11 is 1.36. The van der Waals surface area contributed by atoms with Gasteiger partial charge in [0.05, 0.1) is 34.9 Å². The summed E-state index contributed by atoms with van der Waals surface area (Å²) in [6.45, 7) is 0.634. The number of carbonyl (C=O) groups is 1. The Labute approximate surface area is 236 Å². The Morgan fingerprint density at radius 2 is 1.88 bits per heavy atom. The third-order valence-corrected chi connectivity index (χ3v) is 8.62. The smallest absolute Gasteiger partial charge is 0.251 e. The number of thiazole rings is 1. The van der Waals surface area contributed by atoms with Crippen LogP contribution < -0.4 is 20.5 Å². The van der Waals surface area contributed by atoms with E-state index in [2.05, 4.69) is 15.9 Å². The summed E-state index contributed by atoms with van der Waals surface area (Å²) in [7, 11) is -0.972. The van der Waals surface area contributed by atoms with Crippen LogP contribution in [0.25, 0.3) is 15.9 Å². The Morgan fingerprint density at radius 3 is 2.62 bits per heavy atom. The van der Waals surface area contributed by atoms with Gasteiger partial charge < -0.3 is 20.5 Å². The number of hydrogen-bond acceptors (Lipinski definition) is 9. The first-order chi connectivity index (χ1) is 19.2. The van der Waals surface area contributed by atoms with Crippen LogP contribution in [-0.2, 0) is 21.2 Å². The summed E-state index contributed by atoms with van der Waals surface area (Å²) in [5.41, 5.74) is 8.37. The summed E-state index contributed by atoms with van der Waals surface area (Å²) in [6.07, 6.45) is 0.256. The quantitative estimate of drug-likeness (QED) is 0.148. The van der Waals surface area contributed by atoms with Crippen LogP contribution in [0.4, 0.5) is 0 Å². The number of methoxy groups -OCH3 is 2. The molecule has 0 aliphatic carbocycles. The van der Waals surface area contributed by atoms with Gasteiger partial charge in [-0.25, -0.2) is 18.1 Å². The minimum absolute atomic E-state index is 0.0515. The zero-order chi connectivity index (χ0) is 28.7. The zero-order valence-electron chi connectivity index (χ0n) is 21.9. The van der Waals surface area contributed by atoms with Crippen molar-refractivity contribution in [3.05, 3.63) is 88.4 Å². The first-order valence-electron chi connectivity index (χ1n) is 12.2. The number of nitrogens with zero attached hydrogens (tertiary/aromatic N) is 1. The number of hydrogen-bond donors (Lipinski definition) is 4. The van der Waals surface area contributed by atoms with Crippen LogP contribution in [0.3, 0.4) is 0 Å². The van der Waals surface area contributed by atoms with Gasteiger partial charge in [-0.2, -0.15) is 0 Å². The SMILES string of the molecule is COCCNC(=O)c1cccc(S(=O)(=O)NC(Cc2cccc(C(N)=C=N)c2)c2nc3ccc(OC)cc3s2)c1. The van der Waals surface area contributed by atoms with Crippen LogP contribution in [0.2, 0.25) is 0 Å². The maximum Gasteiger partial charge on any atom is 0.251 e. The minimum Gasteiger partial charge on any atom is -0.497 e. The molecule has 1 atom stereocenters. The molecule has 0 fully saturated rings. The fourth-order valence-corrected chi connectivity index (χ4v) is 6.35. The van der Waals surface area contributed by atoms with Crippen LogP contribution in [0.1, 0.15) is 32.5 Å². The first-order valence-corrected chi connectivity index (χ1v) is 14.5. The lowest BCUT2D eigenvalue weighted by Gasteiger charge is -2.18. The first kappa shape index (κ1) is 28.9. The normalized spacial score (nSPS) is 12.1. The number of ether oxygens (including phenoxy) is 2. The Balaban J connectivity index is 1.69. The molecule has 0 radical (unpaired) electrons. The monoisotopic (exact) mass is 579 g/mol. The molecule has 1 heterocycles. The van der Waals surface area contributed by atoms with Crippen molar-refractivity contribution in [2.24, 2.45) is 5.73 Å². The molecule has 1 aromatic heterocycles. The average Bonchev–Trinajstić information content (AvgIpc) is 3.40. The van der Waals surface area contributed by atoms with E-state index in [0.717, 1.165) is 10.3 Å². The number of nitrogens with one attached hydrogen (secondary N) is 3. The predicted molar refractivity (Wildman–Crippen MR) is 155 cm³/mol. The molecule has 1 amide bonds. The van der Waals surface area contributed by atoms with Gasteiger partial charge in [-0.15, -0.1) is 11.3 Å². The molecule has 1 unspecified atom stereocenters. The Kier molecular flexibility index (Phi) is 9.30. The molecular weight excluding hydrogens is 550 g/mol. The van der Waals surface area contributed by atoms with Gasteiger partial charge in [0.1, 0.15) is 16.5 Å². The second kappa shape index (κ2) is 12.9. The Bertz CT molecular complexity index is 1680. The van der Waals surface area contributed by atoms with Crippen molar-refractivity contribution < 1.29 is 22.7 Å². The maximum atomic E-state index is 13.6. The molecule has 10 nitrogen and oxygen atoms in total. The zero-order valence-corrected chi connectivity index (χ0v) is 23.6. The molecule has 3 aromatic carbocycles. The van der Waals surface area contributed by atoms with E-state index in [-0.39, 0.29) is 22.6 Å². The van der Waals surface area contributed by atoms with Crippen molar-refractivity contribution in [1.29, 1.82) is 5.41 Å². The van der Waals surface area contributed by atoms with Crippen LogP contribution in [0.15, 0.2) is 71.6 Å². The third kappa shape index (κ3) is 6.92. The van der Waals surface area contributed by atoms with Gasteiger partial charge in [0.2, 0.25) is 10.0 Å². The van der Waals surface area contributed by atoms with Gasteiger partial charge in [0.15, 0.2) is 0 Å². The second-order valence-corrected chi connectivity index (χ2v) is 11.6. The molecule has 0 bridgehead atoms. The standard InChI is InChI=1S/C28H29N5O5S2/c1-37-12-11-31-27(34)20-7-4-8-22(15-20)40(35,36)33-25(14-18-5-3-6-19(13-18)23(30)17-29)28-32-24-10-9-21(38-2)16-26(24)39-28/h3-10,13,15-16,25,29,33H,11-12,14,30H2,1-2H3,(H,31,34). The van der Waals surface area contributed by atoms with E-state index >= 15 is 0 Å². The molecule has 40 heavy (non-hydrogen) atoms. The molecule has 0 aliphatic rings. The number of benzene rings is 3. The summed E-state index contributed by atoms with van der Waals surface area (Å²) < 4.78 is 41.1. The number of fused-ring (bicyclic) bond motifs is 1. The van der Waals surface area contributed by atoms with Crippen LogP contribution in [0.5, 0.6) is 5.75 Å². The summed E-state index contributed by atoms with van der Waals surface area (Å²) in [5, 5.41) is 10.6. The van der Waals surface area contributed by atoms with E-state index in [1.165, 1.54) is 36.6 Å². The molecule has 5 N–H and O–H groups in total. The maximum absolute atomic E-state index is 13.6. The van der Waals surface area contributed by atoms with E-state index in [1.807, 2.05) is 18.2 Å². The van der Waals surface area contributed by atoms with Crippen molar-refractivity contribution in [2.45, 2.75) is 17.4 Å². The van der Waals surface area contributed by atoms with Crippen molar-refractivity contribution >= 4 is 49.1 Å². The molecule has 0 saturated heterocycles. The molecule has 0 saturated carbocycles. The molecule has 4 rings (SSSR count). The highest BCUT2D eigenvalue weighted by Crippen LogP contribution is 2.32. The lowest BCUT2D eigenvalue weighted by Crippen LogP contribution is -2.31. The number of carbonyl (C=O) groups excluding carboxylic acids is 1. The Hall–Kier alpha value is -4.06. The molecule has 0 spiro atoms. The largest absolute Gasteiger partial charge is 0.497 e. The highest BCUT2D eigenvalue weighted by Gasteiger charge is 2.26. The van der Waals surface area contributed by atoms with Gasteiger partial charge in [-0.3, -0.25) is 10.2 Å². The lowest BCUT2D eigenvalue weighted by molar-refractivity contribution is 0.0937. The molecule has 12 heteroatoms. The van der Waals surface area contributed by atoms with Gasteiger partial charge in [-0.1, -0.05) is 24.3 Å². The van der Waals surface area contributed by atoms with Gasteiger partial charge in [-0.05, 0) is 54.4 Å². The fraction of sp³-hybridized carbons (Fsp3) is 0.214. The minimum atomic E-state index is -4.08. The van der Waals surface area contributed by atoms with E-state index in [1.54, 1.807) is 37.4 Å². The van der Waals surface area contributed by atoms with Crippen LogP contribution >= 0.6 is 11.3 Å². The van der Waals surface area contributed by atoms with Crippen LogP contribution in [-0.4, -0.2) is 52.5 Å². The summed E-state index contributed by atoms with van der Waals surface area (Å²) in [6, 6.07) is 17.8. The molecular formula is C28H29N5O5S2. The van der Waals surface area contributed by atoms with Gasteiger partial charge in [0, 0.05) is 30.7 Å². The molecule has 208 valence electrons. The van der Waals surface area contributed by atoms with E-state index < -0.39 is 22.0 Å². The van der Waals surface area contributed by atoms with E-state index in [4.69, 9.17) is 25.6 Å². The highest BCUT2D eigenvalue weighted by molar-refractivity contribution is 7.89. The number of aromatic nitrogens is 1. The molecule has 4 aromatic rings. The number of sulfonamides is 1.